The number of hydrogen-bond acceptors (Lipinski definition) is 5. The molecule has 0 amide bonds. The molecule has 3 fully saturated rings. The van der Waals surface area contributed by atoms with Crippen molar-refractivity contribution in [1.82, 2.24) is 25.1 Å². The highest BCUT2D eigenvalue weighted by Gasteiger charge is 2.39. The summed E-state index contributed by atoms with van der Waals surface area (Å²) in [5, 5.41) is 3.55. The summed E-state index contributed by atoms with van der Waals surface area (Å²) in [6.45, 7) is 11.7. The molecular formula is C23H39N7. The number of nitrogens with one attached hydrogen (secondary N) is 1. The molecule has 0 radical (unpaired) electrons. The summed E-state index contributed by atoms with van der Waals surface area (Å²) < 4.78 is 0. The third kappa shape index (κ3) is 5.42. The molecule has 0 bridgehead atoms. The molecule has 166 valence electrons. The Labute approximate surface area is 182 Å². The van der Waals surface area contributed by atoms with Gasteiger partial charge in [-0.15, -0.1) is 0 Å². The minimum atomic E-state index is 0.580. The first-order valence-corrected chi connectivity index (χ1v) is 12.1. The average molecular weight is 414 g/mol. The fourth-order valence-corrected chi connectivity index (χ4v) is 5.36. The molecule has 0 unspecified atom stereocenters. The first kappa shape index (κ1) is 21.3. The molecule has 1 aromatic rings. The van der Waals surface area contributed by atoms with E-state index >= 15 is 0 Å². The number of hydrogen-bond donors (Lipinski definition) is 1. The van der Waals surface area contributed by atoms with Gasteiger partial charge in [-0.2, -0.15) is 0 Å². The predicted molar refractivity (Wildman–Crippen MR) is 123 cm³/mol. The lowest BCUT2D eigenvalue weighted by Gasteiger charge is -2.34. The molecule has 0 aromatic carbocycles. The predicted octanol–water partition coefficient (Wildman–Crippen LogP) is 2.61. The highest BCUT2D eigenvalue weighted by molar-refractivity contribution is 5.80. The molecule has 3 heterocycles. The number of likely N-dealkylation sites (tertiary alicyclic amines) is 1. The number of nitrogens with zero attached hydrogens (tertiary/aromatic N) is 6. The number of guanidine groups is 1. The monoisotopic (exact) mass is 413 g/mol. The highest BCUT2D eigenvalue weighted by atomic mass is 15.3. The van der Waals surface area contributed by atoms with Gasteiger partial charge < -0.3 is 15.1 Å². The van der Waals surface area contributed by atoms with E-state index in [4.69, 9.17) is 4.99 Å². The molecule has 0 atom stereocenters. The van der Waals surface area contributed by atoms with E-state index in [1.54, 1.807) is 0 Å². The SMILES string of the molecule is CCNC(=NCCCN1CCN(c2ncccn2)CC1)N1CCC2(CCCCC2)C1. The highest BCUT2D eigenvalue weighted by Crippen LogP contribution is 2.43. The van der Waals surface area contributed by atoms with Gasteiger partial charge >= 0.3 is 0 Å². The maximum Gasteiger partial charge on any atom is 0.225 e. The molecule has 4 rings (SSSR count). The van der Waals surface area contributed by atoms with Gasteiger partial charge in [0.25, 0.3) is 0 Å². The first-order valence-electron chi connectivity index (χ1n) is 12.1. The van der Waals surface area contributed by atoms with Crippen LogP contribution in [0, 0.1) is 5.41 Å². The van der Waals surface area contributed by atoms with Crippen LogP contribution in [0.1, 0.15) is 51.9 Å². The fraction of sp³-hybridized carbons (Fsp3) is 0.783. The zero-order valence-corrected chi connectivity index (χ0v) is 18.7. The lowest BCUT2D eigenvalue weighted by atomic mass is 9.73. The van der Waals surface area contributed by atoms with E-state index in [0.717, 1.165) is 64.1 Å². The van der Waals surface area contributed by atoms with Crippen molar-refractivity contribution in [3.63, 3.8) is 0 Å². The smallest absolute Gasteiger partial charge is 0.225 e. The number of rotatable bonds is 6. The maximum absolute atomic E-state index is 4.99. The van der Waals surface area contributed by atoms with E-state index in [-0.39, 0.29) is 0 Å². The van der Waals surface area contributed by atoms with Gasteiger partial charge in [-0.3, -0.25) is 9.89 Å². The third-order valence-corrected chi connectivity index (χ3v) is 7.09. The Morgan fingerprint density at radius 1 is 1.03 bits per heavy atom. The van der Waals surface area contributed by atoms with Crippen LogP contribution in [-0.4, -0.2) is 84.6 Å². The quantitative estimate of drug-likeness (QED) is 0.439. The van der Waals surface area contributed by atoms with Crippen LogP contribution < -0.4 is 10.2 Å². The van der Waals surface area contributed by atoms with Gasteiger partial charge in [0.15, 0.2) is 5.96 Å². The summed E-state index contributed by atoms with van der Waals surface area (Å²) in [6, 6.07) is 1.87. The summed E-state index contributed by atoms with van der Waals surface area (Å²) in [6.07, 6.45) is 13.2. The van der Waals surface area contributed by atoms with Crippen LogP contribution in [-0.2, 0) is 0 Å². The van der Waals surface area contributed by atoms with Crippen molar-refractivity contribution < 1.29 is 0 Å². The normalized spacial score (nSPS) is 22.6. The minimum Gasteiger partial charge on any atom is -0.357 e. The van der Waals surface area contributed by atoms with E-state index < -0.39 is 0 Å². The van der Waals surface area contributed by atoms with Gasteiger partial charge in [0.05, 0.1) is 0 Å². The Balaban J connectivity index is 1.20. The van der Waals surface area contributed by atoms with Gasteiger partial charge in [-0.25, -0.2) is 9.97 Å². The Kier molecular flexibility index (Phi) is 7.42. The summed E-state index contributed by atoms with van der Waals surface area (Å²) >= 11 is 0. The second-order valence-electron chi connectivity index (χ2n) is 9.20. The second kappa shape index (κ2) is 10.4. The summed E-state index contributed by atoms with van der Waals surface area (Å²) in [7, 11) is 0. The lowest BCUT2D eigenvalue weighted by molar-refractivity contribution is 0.203. The molecule has 1 saturated carbocycles. The van der Waals surface area contributed by atoms with Crippen LogP contribution in [0.25, 0.3) is 0 Å². The molecule has 7 nitrogen and oxygen atoms in total. The van der Waals surface area contributed by atoms with Crippen molar-refractivity contribution in [3.8, 4) is 0 Å². The average Bonchev–Trinajstić information content (AvgIpc) is 3.20. The molecule has 2 aliphatic heterocycles. The Hall–Kier alpha value is -1.89. The van der Waals surface area contributed by atoms with Crippen molar-refractivity contribution in [3.05, 3.63) is 18.5 Å². The molecule has 1 spiro atoms. The molecule has 1 N–H and O–H groups in total. The van der Waals surface area contributed by atoms with E-state index in [0.29, 0.717) is 5.41 Å². The molecule has 1 aliphatic carbocycles. The van der Waals surface area contributed by atoms with Gasteiger partial charge in [0.1, 0.15) is 0 Å². The zero-order chi connectivity index (χ0) is 20.7. The van der Waals surface area contributed by atoms with Crippen molar-refractivity contribution in [2.75, 3.05) is 63.8 Å². The van der Waals surface area contributed by atoms with Gasteiger partial charge in [0.2, 0.25) is 5.95 Å². The topological polar surface area (TPSA) is 59.9 Å². The second-order valence-corrected chi connectivity index (χ2v) is 9.20. The molecule has 30 heavy (non-hydrogen) atoms. The minimum absolute atomic E-state index is 0.580. The molecule has 7 heteroatoms. The molecule has 2 saturated heterocycles. The van der Waals surface area contributed by atoms with Crippen molar-refractivity contribution >= 4 is 11.9 Å². The van der Waals surface area contributed by atoms with Crippen LogP contribution in [0.4, 0.5) is 5.95 Å². The van der Waals surface area contributed by atoms with Crippen molar-refractivity contribution in [1.29, 1.82) is 0 Å². The van der Waals surface area contributed by atoms with E-state index in [2.05, 4.69) is 36.9 Å². The van der Waals surface area contributed by atoms with Crippen molar-refractivity contribution in [2.45, 2.75) is 51.9 Å². The maximum atomic E-state index is 4.99. The van der Waals surface area contributed by atoms with Crippen LogP contribution in [0.3, 0.4) is 0 Å². The third-order valence-electron chi connectivity index (χ3n) is 7.09. The Morgan fingerprint density at radius 2 is 1.80 bits per heavy atom. The van der Waals surface area contributed by atoms with Crippen LogP contribution in [0.5, 0.6) is 0 Å². The largest absolute Gasteiger partial charge is 0.357 e. The molecule has 1 aromatic heterocycles. The molecule has 3 aliphatic rings. The Bertz CT molecular complexity index is 663. The van der Waals surface area contributed by atoms with Gasteiger partial charge in [-0.05, 0) is 44.1 Å². The zero-order valence-electron chi connectivity index (χ0n) is 18.7. The first-order chi connectivity index (χ1) is 14.8. The van der Waals surface area contributed by atoms with Gasteiger partial charge in [0, 0.05) is 71.3 Å². The number of piperazine rings is 1. The Morgan fingerprint density at radius 3 is 2.53 bits per heavy atom. The van der Waals surface area contributed by atoms with Gasteiger partial charge in [-0.1, -0.05) is 19.3 Å². The van der Waals surface area contributed by atoms with E-state index in [1.165, 1.54) is 51.6 Å². The standard InChI is InChI=1S/C23H39N7/c1-2-24-21(30-15-10-23(20-30)8-4-3-5-9-23)27-13-7-14-28-16-18-29(19-17-28)22-25-11-6-12-26-22/h6,11-12H,2-5,7-10,13-20H2,1H3,(H,24,27). The van der Waals surface area contributed by atoms with E-state index in [9.17, 15) is 0 Å². The molecular weight excluding hydrogens is 374 g/mol. The number of aliphatic imine (C=N–C) groups is 1. The van der Waals surface area contributed by atoms with Crippen LogP contribution in [0.2, 0.25) is 0 Å². The van der Waals surface area contributed by atoms with E-state index in [1.807, 2.05) is 18.5 Å². The summed E-state index contributed by atoms with van der Waals surface area (Å²) in [5.41, 5.74) is 0.580. The summed E-state index contributed by atoms with van der Waals surface area (Å²) in [4.78, 5) is 21.1. The lowest BCUT2D eigenvalue weighted by Crippen LogP contribution is -2.47. The number of anilines is 1. The fourth-order valence-electron chi connectivity index (χ4n) is 5.36. The van der Waals surface area contributed by atoms with Crippen LogP contribution >= 0.6 is 0 Å². The van der Waals surface area contributed by atoms with Crippen molar-refractivity contribution in [2.24, 2.45) is 10.4 Å². The van der Waals surface area contributed by atoms with Crippen LogP contribution in [0.15, 0.2) is 23.5 Å². The summed E-state index contributed by atoms with van der Waals surface area (Å²) in [5.74, 6) is 2.00. The number of aromatic nitrogens is 2.